The predicted molar refractivity (Wildman–Crippen MR) is 54.1 cm³/mol. The molecule has 0 aliphatic carbocycles. The highest BCUT2D eigenvalue weighted by molar-refractivity contribution is 5.26. The maximum absolute atomic E-state index is 3.80. The standard InChI is InChI=1S/C11H17N/c1-3-7-10(4-2)11-8-5-6-9-12-11/h3-4,7,11-12H,1-2,5-6,8-9H2/b10-7+/t11-/m0/s1. The van der Waals surface area contributed by atoms with Crippen LogP contribution in [-0.4, -0.2) is 12.6 Å². The van der Waals surface area contributed by atoms with Gasteiger partial charge in [-0.25, -0.2) is 0 Å². The van der Waals surface area contributed by atoms with Crippen LogP contribution in [-0.2, 0) is 0 Å². The maximum Gasteiger partial charge on any atom is 0.0320 e. The fourth-order valence-corrected chi connectivity index (χ4v) is 1.60. The maximum atomic E-state index is 3.80. The molecule has 0 unspecified atom stereocenters. The van der Waals surface area contributed by atoms with E-state index in [0.29, 0.717) is 6.04 Å². The molecule has 0 aromatic rings. The van der Waals surface area contributed by atoms with E-state index in [-0.39, 0.29) is 0 Å². The van der Waals surface area contributed by atoms with Crippen LogP contribution in [0, 0.1) is 0 Å². The van der Waals surface area contributed by atoms with Gasteiger partial charge in [-0.15, -0.1) is 0 Å². The number of piperidine rings is 1. The smallest absolute Gasteiger partial charge is 0.0320 e. The number of hydrogen-bond acceptors (Lipinski definition) is 1. The van der Waals surface area contributed by atoms with E-state index in [0.717, 1.165) is 6.54 Å². The average Bonchev–Trinajstić information content (AvgIpc) is 2.15. The topological polar surface area (TPSA) is 12.0 Å². The Morgan fingerprint density at radius 1 is 1.33 bits per heavy atom. The van der Waals surface area contributed by atoms with Crippen LogP contribution in [0.1, 0.15) is 19.3 Å². The van der Waals surface area contributed by atoms with Gasteiger partial charge in [0.05, 0.1) is 0 Å². The molecule has 1 N–H and O–H groups in total. The van der Waals surface area contributed by atoms with Crippen LogP contribution in [0.2, 0.25) is 0 Å². The number of nitrogens with one attached hydrogen (secondary N) is 1. The van der Waals surface area contributed by atoms with Gasteiger partial charge in [-0.2, -0.15) is 0 Å². The Bertz CT molecular complexity index is 185. The molecule has 66 valence electrons. The summed E-state index contributed by atoms with van der Waals surface area (Å²) in [6.07, 6.45) is 9.63. The van der Waals surface area contributed by atoms with Gasteiger partial charge in [0, 0.05) is 6.04 Å². The molecule has 0 bridgehead atoms. The molecule has 1 heteroatoms. The summed E-state index contributed by atoms with van der Waals surface area (Å²) >= 11 is 0. The van der Waals surface area contributed by atoms with Crippen LogP contribution in [0.5, 0.6) is 0 Å². The summed E-state index contributed by atoms with van der Waals surface area (Å²) in [6.45, 7) is 8.62. The molecule has 1 atom stereocenters. The van der Waals surface area contributed by atoms with Gasteiger partial charge < -0.3 is 5.32 Å². The van der Waals surface area contributed by atoms with Crippen LogP contribution in [0.25, 0.3) is 0 Å². The van der Waals surface area contributed by atoms with Gasteiger partial charge in [-0.05, 0) is 25.0 Å². The summed E-state index contributed by atoms with van der Waals surface area (Å²) < 4.78 is 0. The molecule has 1 heterocycles. The van der Waals surface area contributed by atoms with Crippen molar-refractivity contribution in [3.05, 3.63) is 37.0 Å². The monoisotopic (exact) mass is 163 g/mol. The number of rotatable bonds is 3. The summed E-state index contributed by atoms with van der Waals surface area (Å²) in [5.41, 5.74) is 1.27. The van der Waals surface area contributed by atoms with E-state index in [9.17, 15) is 0 Å². The van der Waals surface area contributed by atoms with Crippen molar-refractivity contribution in [1.82, 2.24) is 5.32 Å². The Kier molecular flexibility index (Phi) is 3.81. The van der Waals surface area contributed by atoms with Gasteiger partial charge in [-0.3, -0.25) is 0 Å². The number of allylic oxidation sites excluding steroid dienone is 2. The molecule has 1 saturated heterocycles. The van der Waals surface area contributed by atoms with Gasteiger partial charge in [0.25, 0.3) is 0 Å². The van der Waals surface area contributed by atoms with Gasteiger partial charge in [0.15, 0.2) is 0 Å². The molecule has 0 saturated carbocycles. The first kappa shape index (κ1) is 9.27. The molecular weight excluding hydrogens is 146 g/mol. The SMILES string of the molecule is C=C/C=C(\C=C)[C@@H]1CCCCN1. The van der Waals surface area contributed by atoms with Crippen LogP contribution < -0.4 is 5.32 Å². The van der Waals surface area contributed by atoms with Crippen LogP contribution in [0.4, 0.5) is 0 Å². The lowest BCUT2D eigenvalue weighted by atomic mass is 9.97. The van der Waals surface area contributed by atoms with Crippen molar-refractivity contribution < 1.29 is 0 Å². The van der Waals surface area contributed by atoms with Crippen molar-refractivity contribution in [1.29, 1.82) is 0 Å². The van der Waals surface area contributed by atoms with Crippen molar-refractivity contribution in [2.24, 2.45) is 0 Å². The molecule has 0 amide bonds. The van der Waals surface area contributed by atoms with E-state index in [1.807, 2.05) is 18.2 Å². The molecule has 1 fully saturated rings. The van der Waals surface area contributed by atoms with Crippen molar-refractivity contribution >= 4 is 0 Å². The first-order valence-electron chi connectivity index (χ1n) is 4.57. The van der Waals surface area contributed by atoms with E-state index in [1.165, 1.54) is 24.8 Å². The van der Waals surface area contributed by atoms with E-state index in [2.05, 4.69) is 18.5 Å². The zero-order valence-corrected chi connectivity index (χ0v) is 7.55. The zero-order chi connectivity index (χ0) is 8.81. The lowest BCUT2D eigenvalue weighted by Crippen LogP contribution is -2.34. The van der Waals surface area contributed by atoms with Crippen molar-refractivity contribution in [3.63, 3.8) is 0 Å². The second kappa shape index (κ2) is 4.94. The number of hydrogen-bond donors (Lipinski definition) is 1. The van der Waals surface area contributed by atoms with Gasteiger partial charge in [-0.1, -0.05) is 37.8 Å². The molecule has 1 aliphatic heterocycles. The average molecular weight is 163 g/mol. The molecule has 1 rings (SSSR count). The molecule has 1 aliphatic rings. The van der Waals surface area contributed by atoms with Crippen LogP contribution in [0.3, 0.4) is 0 Å². The van der Waals surface area contributed by atoms with E-state index in [1.54, 1.807) is 0 Å². The highest BCUT2D eigenvalue weighted by Gasteiger charge is 2.13. The lowest BCUT2D eigenvalue weighted by molar-refractivity contribution is 0.445. The first-order chi connectivity index (χ1) is 5.88. The minimum atomic E-state index is 0.509. The molecule has 0 aromatic carbocycles. The molecule has 0 aromatic heterocycles. The minimum absolute atomic E-state index is 0.509. The quantitative estimate of drug-likeness (QED) is 0.630. The summed E-state index contributed by atoms with van der Waals surface area (Å²) in [7, 11) is 0. The second-order valence-corrected chi connectivity index (χ2v) is 3.11. The lowest BCUT2D eigenvalue weighted by Gasteiger charge is -2.24. The first-order valence-corrected chi connectivity index (χ1v) is 4.57. The van der Waals surface area contributed by atoms with Gasteiger partial charge in [0.1, 0.15) is 0 Å². The Hall–Kier alpha value is -0.820. The predicted octanol–water partition coefficient (Wildman–Crippen LogP) is 2.43. The zero-order valence-electron chi connectivity index (χ0n) is 7.55. The Morgan fingerprint density at radius 3 is 2.67 bits per heavy atom. The minimum Gasteiger partial charge on any atom is -0.310 e. The van der Waals surface area contributed by atoms with E-state index in [4.69, 9.17) is 0 Å². The van der Waals surface area contributed by atoms with E-state index < -0.39 is 0 Å². The summed E-state index contributed by atoms with van der Waals surface area (Å²) in [6, 6.07) is 0.509. The molecule has 0 radical (unpaired) electrons. The van der Waals surface area contributed by atoms with Gasteiger partial charge in [0.2, 0.25) is 0 Å². The third kappa shape index (κ3) is 2.35. The third-order valence-electron chi connectivity index (χ3n) is 2.26. The van der Waals surface area contributed by atoms with Gasteiger partial charge >= 0.3 is 0 Å². The fraction of sp³-hybridized carbons (Fsp3) is 0.455. The Morgan fingerprint density at radius 2 is 2.17 bits per heavy atom. The summed E-state index contributed by atoms with van der Waals surface area (Å²) in [4.78, 5) is 0. The Balaban J connectivity index is 2.57. The third-order valence-corrected chi connectivity index (χ3v) is 2.26. The largest absolute Gasteiger partial charge is 0.310 e. The fourth-order valence-electron chi connectivity index (χ4n) is 1.60. The summed E-state index contributed by atoms with van der Waals surface area (Å²) in [5, 5.41) is 3.47. The molecule has 1 nitrogen and oxygen atoms in total. The van der Waals surface area contributed by atoms with Crippen LogP contribution in [0.15, 0.2) is 37.0 Å². The van der Waals surface area contributed by atoms with Crippen LogP contribution >= 0.6 is 0 Å². The van der Waals surface area contributed by atoms with Crippen molar-refractivity contribution in [2.45, 2.75) is 25.3 Å². The normalized spacial score (nSPS) is 25.0. The molecule has 12 heavy (non-hydrogen) atoms. The highest BCUT2D eigenvalue weighted by atomic mass is 14.9. The Labute approximate surface area is 74.9 Å². The van der Waals surface area contributed by atoms with Crippen molar-refractivity contribution in [2.75, 3.05) is 6.54 Å². The summed E-state index contributed by atoms with van der Waals surface area (Å²) in [5.74, 6) is 0. The van der Waals surface area contributed by atoms with E-state index >= 15 is 0 Å². The molecule has 0 spiro atoms. The highest BCUT2D eigenvalue weighted by Crippen LogP contribution is 2.15. The van der Waals surface area contributed by atoms with Crippen molar-refractivity contribution in [3.8, 4) is 0 Å². The second-order valence-electron chi connectivity index (χ2n) is 3.11. The molecular formula is C11H17N.